The molecule has 3 aromatic heterocycles. The summed E-state index contributed by atoms with van der Waals surface area (Å²) < 4.78 is 42.1. The Labute approximate surface area is 254 Å². The molecule has 0 saturated heterocycles. The number of hydrogen-bond donors (Lipinski definition) is 4. The van der Waals surface area contributed by atoms with E-state index in [1.165, 1.54) is 23.0 Å². The smallest absolute Gasteiger partial charge is 0.435 e. The molecule has 1 fully saturated rings. The first kappa shape index (κ1) is 32.2. The van der Waals surface area contributed by atoms with Crippen LogP contribution in [0.4, 0.5) is 24.7 Å². The third-order valence-electron chi connectivity index (χ3n) is 6.55. The van der Waals surface area contributed by atoms with Gasteiger partial charge in [-0.2, -0.15) is 18.3 Å². The Morgan fingerprint density at radius 2 is 1.86 bits per heavy atom. The quantitative estimate of drug-likeness (QED) is 0.168. The van der Waals surface area contributed by atoms with Crippen molar-refractivity contribution in [3.8, 4) is 11.3 Å². The Morgan fingerprint density at radius 1 is 1.18 bits per heavy atom. The van der Waals surface area contributed by atoms with Crippen molar-refractivity contribution in [2.45, 2.75) is 31.1 Å². The average Bonchev–Trinajstić information content (AvgIpc) is 3.54. The van der Waals surface area contributed by atoms with Gasteiger partial charge in [0.2, 0.25) is 0 Å². The Morgan fingerprint density at radius 3 is 2.50 bits per heavy atom. The summed E-state index contributed by atoms with van der Waals surface area (Å²) in [6.45, 7) is -0.126. The van der Waals surface area contributed by atoms with Gasteiger partial charge < -0.3 is 30.3 Å². The van der Waals surface area contributed by atoms with Gasteiger partial charge in [0.15, 0.2) is 23.7 Å². The van der Waals surface area contributed by atoms with E-state index < -0.39 is 18.3 Å². The number of amides is 2. The van der Waals surface area contributed by atoms with Gasteiger partial charge in [0.25, 0.3) is 11.8 Å². The minimum Gasteiger partial charge on any atom is -0.554 e. The van der Waals surface area contributed by atoms with Crippen molar-refractivity contribution >= 4 is 47.0 Å². The zero-order chi connectivity index (χ0) is 32.2. The molecule has 1 saturated carbocycles. The number of alkyl halides is 3. The molecular formula is C27H29ClF3N9O4. The van der Waals surface area contributed by atoms with Crippen LogP contribution in [0.2, 0.25) is 5.02 Å². The van der Waals surface area contributed by atoms with E-state index >= 15 is 0 Å². The van der Waals surface area contributed by atoms with Gasteiger partial charge >= 0.3 is 6.18 Å². The Kier molecular flexibility index (Phi) is 9.44. The van der Waals surface area contributed by atoms with E-state index in [0.717, 1.165) is 6.20 Å². The topological polar surface area (TPSA) is 169 Å². The number of carboxylic acid groups (broad SMARTS) is 1. The van der Waals surface area contributed by atoms with Gasteiger partial charge in [-0.1, -0.05) is 11.6 Å². The zero-order valence-corrected chi connectivity index (χ0v) is 24.5. The van der Waals surface area contributed by atoms with E-state index in [4.69, 9.17) is 21.5 Å². The van der Waals surface area contributed by atoms with Gasteiger partial charge in [-0.3, -0.25) is 19.1 Å². The van der Waals surface area contributed by atoms with Crippen LogP contribution in [0, 0.1) is 0 Å². The molecular weight excluding hydrogens is 607 g/mol. The highest BCUT2D eigenvalue weighted by molar-refractivity contribution is 6.34. The molecule has 0 aliphatic heterocycles. The summed E-state index contributed by atoms with van der Waals surface area (Å²) in [6, 6.07) is 4.71. The van der Waals surface area contributed by atoms with E-state index in [2.05, 4.69) is 36.1 Å². The number of benzene rings is 1. The lowest BCUT2D eigenvalue weighted by Crippen LogP contribution is -2.56. The number of quaternary nitrogens is 1. The number of nitrogens with one attached hydrogen (secondary N) is 4. The molecule has 3 heterocycles. The third-order valence-corrected chi connectivity index (χ3v) is 6.86. The number of anilines is 2. The number of aromatic amines is 1. The summed E-state index contributed by atoms with van der Waals surface area (Å²) in [5, 5.41) is 23.0. The summed E-state index contributed by atoms with van der Waals surface area (Å²) in [5.74, 6) is -0.0824. The molecule has 17 heteroatoms. The fourth-order valence-electron chi connectivity index (χ4n) is 4.64. The van der Waals surface area contributed by atoms with Crippen LogP contribution >= 0.6 is 11.6 Å². The molecule has 1 aliphatic rings. The molecule has 0 radical (unpaired) electrons. The molecule has 44 heavy (non-hydrogen) atoms. The zero-order valence-electron chi connectivity index (χ0n) is 23.8. The molecule has 4 N–H and O–H groups in total. The second-order valence-corrected chi connectivity index (χ2v) is 11.4. The van der Waals surface area contributed by atoms with Crippen molar-refractivity contribution in [3.63, 3.8) is 0 Å². The van der Waals surface area contributed by atoms with Gasteiger partial charge in [-0.25, -0.2) is 9.97 Å². The molecule has 1 aliphatic carbocycles. The predicted octanol–water partition coefficient (Wildman–Crippen LogP) is 1.98. The largest absolute Gasteiger partial charge is 0.554 e. The van der Waals surface area contributed by atoms with Crippen LogP contribution in [0.1, 0.15) is 28.9 Å². The number of carbonyl (C=O) groups excluding carboxylic acids is 3. The van der Waals surface area contributed by atoms with Crippen LogP contribution in [0.5, 0.6) is 0 Å². The molecule has 5 rings (SSSR count). The Balaban J connectivity index is 0.00000141. The predicted molar refractivity (Wildman–Crippen MR) is 152 cm³/mol. The number of halogens is 4. The first-order valence-electron chi connectivity index (χ1n) is 13.2. The Bertz CT molecular complexity index is 1660. The van der Waals surface area contributed by atoms with Crippen LogP contribution in [0.15, 0.2) is 43.0 Å². The summed E-state index contributed by atoms with van der Waals surface area (Å²) in [6.07, 6.45) is 2.03. The maximum Gasteiger partial charge on any atom is 0.435 e. The van der Waals surface area contributed by atoms with Gasteiger partial charge in [-0.05, 0) is 31.0 Å². The SMILES string of the molecule is C[N+](C)(C)CC(=O)NC1CC(NC(=O)c2ccc(Nc3nccn4c(-c5c[nH]nc5C(F)(F)F)cnc34)cc2Cl)C1.O=C[O-]. The van der Waals surface area contributed by atoms with Crippen molar-refractivity contribution in [2.75, 3.05) is 33.0 Å². The highest BCUT2D eigenvalue weighted by Gasteiger charge is 2.37. The minimum atomic E-state index is -4.64. The Hall–Kier alpha value is -4.70. The molecule has 4 aromatic rings. The lowest BCUT2D eigenvalue weighted by Gasteiger charge is -2.36. The van der Waals surface area contributed by atoms with Crippen LogP contribution in [-0.2, 0) is 15.8 Å². The second-order valence-electron chi connectivity index (χ2n) is 11.0. The summed E-state index contributed by atoms with van der Waals surface area (Å²) in [5.41, 5.74) is 0.0482. The standard InChI is InChI=1S/C26H27ClF3N9O2.CH2O2/c1-39(2,3)13-21(40)34-15-8-16(9-15)36-25(41)17-5-4-14(10-19(17)27)35-23-24-32-12-20(38(24)7-6-31-23)18-11-33-37-22(18)26(28,29)30;2-1-3/h4-7,10-12,15-16H,8-9,13H2,1-3H3,(H3-,31,33,34,35,36,37,40,41);1H,(H,2,3). The lowest BCUT2D eigenvalue weighted by molar-refractivity contribution is -0.862. The summed E-state index contributed by atoms with van der Waals surface area (Å²) in [7, 11) is 5.82. The first-order chi connectivity index (χ1) is 20.7. The van der Waals surface area contributed by atoms with Crippen LogP contribution in [-0.4, -0.2) is 87.1 Å². The average molecular weight is 636 g/mol. The summed E-state index contributed by atoms with van der Waals surface area (Å²) >= 11 is 6.43. The van der Waals surface area contributed by atoms with E-state index in [1.54, 1.807) is 18.2 Å². The highest BCUT2D eigenvalue weighted by Crippen LogP contribution is 2.36. The van der Waals surface area contributed by atoms with Crippen LogP contribution in [0.3, 0.4) is 0 Å². The van der Waals surface area contributed by atoms with Crippen LogP contribution in [0.25, 0.3) is 16.9 Å². The number of hydrogen-bond acceptors (Lipinski definition) is 8. The summed E-state index contributed by atoms with van der Waals surface area (Å²) in [4.78, 5) is 41.7. The number of rotatable bonds is 8. The fraction of sp³-hybridized carbons (Fsp3) is 0.333. The molecule has 13 nitrogen and oxygen atoms in total. The number of carbonyl (C=O) groups is 3. The molecule has 2 amide bonds. The molecule has 0 atom stereocenters. The third kappa shape index (κ3) is 7.62. The van der Waals surface area contributed by atoms with Gasteiger partial charge in [-0.15, -0.1) is 0 Å². The van der Waals surface area contributed by atoms with E-state index in [0.29, 0.717) is 29.6 Å². The number of nitrogens with zero attached hydrogens (tertiary/aromatic N) is 5. The maximum atomic E-state index is 13.4. The van der Waals surface area contributed by atoms with Crippen molar-refractivity contribution in [2.24, 2.45) is 0 Å². The van der Waals surface area contributed by atoms with Gasteiger partial charge in [0, 0.05) is 42.8 Å². The number of likely N-dealkylation sites (N-methyl/N-ethyl adjacent to an activating group) is 1. The molecule has 0 unspecified atom stereocenters. The lowest BCUT2D eigenvalue weighted by atomic mass is 9.86. The van der Waals surface area contributed by atoms with Crippen molar-refractivity contribution in [1.82, 2.24) is 35.2 Å². The number of fused-ring (bicyclic) bond motifs is 1. The monoisotopic (exact) mass is 635 g/mol. The van der Waals surface area contributed by atoms with Crippen molar-refractivity contribution < 1.29 is 37.1 Å². The van der Waals surface area contributed by atoms with Crippen LogP contribution < -0.4 is 21.1 Å². The molecule has 1 aromatic carbocycles. The maximum absolute atomic E-state index is 13.4. The minimum absolute atomic E-state index is 0.0216. The molecule has 0 bridgehead atoms. The number of imidazole rings is 1. The fourth-order valence-corrected chi connectivity index (χ4v) is 4.91. The van der Waals surface area contributed by atoms with Crippen molar-refractivity contribution in [3.05, 3.63) is 59.3 Å². The number of H-pyrrole nitrogens is 1. The van der Waals surface area contributed by atoms with Crippen molar-refractivity contribution in [1.29, 1.82) is 0 Å². The first-order valence-corrected chi connectivity index (χ1v) is 13.5. The normalized spacial score (nSPS) is 16.3. The number of aromatic nitrogens is 5. The molecule has 234 valence electrons. The van der Waals surface area contributed by atoms with Gasteiger partial charge in [0.05, 0.1) is 49.2 Å². The van der Waals surface area contributed by atoms with E-state index in [-0.39, 0.29) is 57.2 Å². The molecule has 0 spiro atoms. The van der Waals surface area contributed by atoms with Gasteiger partial charge in [0.1, 0.15) is 0 Å². The second kappa shape index (κ2) is 12.9. The highest BCUT2D eigenvalue weighted by atomic mass is 35.5. The van der Waals surface area contributed by atoms with E-state index in [1.807, 2.05) is 21.1 Å². The van der Waals surface area contributed by atoms with E-state index in [9.17, 15) is 22.8 Å².